The molecule has 6 heteroatoms. The molecule has 0 atom stereocenters. The standard InChI is InChI=1S/C11H16N2O4/c1-2-13(6-5-10(14)15)11(16)9-4-3-8(7-12)17-9/h3-4H,2,5-7,12H2,1H3,(H,14,15). The highest BCUT2D eigenvalue weighted by Crippen LogP contribution is 2.10. The molecule has 6 nitrogen and oxygen atoms in total. The summed E-state index contributed by atoms with van der Waals surface area (Å²) >= 11 is 0. The molecule has 0 fully saturated rings. The highest BCUT2D eigenvalue weighted by atomic mass is 16.4. The van der Waals surface area contributed by atoms with E-state index in [-0.39, 0.29) is 31.2 Å². The van der Waals surface area contributed by atoms with Crippen LogP contribution in [0, 0.1) is 0 Å². The molecule has 0 aliphatic heterocycles. The molecule has 1 aromatic heterocycles. The van der Waals surface area contributed by atoms with Gasteiger partial charge in [0.1, 0.15) is 5.76 Å². The minimum Gasteiger partial charge on any atom is -0.481 e. The number of hydrogen-bond donors (Lipinski definition) is 2. The Morgan fingerprint density at radius 2 is 2.18 bits per heavy atom. The molecular formula is C11H16N2O4. The number of carbonyl (C=O) groups excluding carboxylic acids is 1. The van der Waals surface area contributed by atoms with Gasteiger partial charge in [-0.25, -0.2) is 0 Å². The first-order valence-electron chi connectivity index (χ1n) is 5.38. The van der Waals surface area contributed by atoms with Crippen molar-refractivity contribution < 1.29 is 19.1 Å². The van der Waals surface area contributed by atoms with Crippen LogP contribution in [-0.2, 0) is 11.3 Å². The van der Waals surface area contributed by atoms with Crippen molar-refractivity contribution in [2.45, 2.75) is 19.9 Å². The third-order valence-electron chi connectivity index (χ3n) is 2.34. The first-order valence-corrected chi connectivity index (χ1v) is 5.38. The maximum absolute atomic E-state index is 11.9. The highest BCUT2D eigenvalue weighted by molar-refractivity contribution is 5.91. The van der Waals surface area contributed by atoms with Gasteiger partial charge in [0.15, 0.2) is 5.76 Å². The van der Waals surface area contributed by atoms with Crippen molar-refractivity contribution in [3.63, 3.8) is 0 Å². The molecule has 1 heterocycles. The molecule has 0 spiro atoms. The van der Waals surface area contributed by atoms with Crippen LogP contribution in [0.25, 0.3) is 0 Å². The van der Waals surface area contributed by atoms with Gasteiger partial charge in [-0.3, -0.25) is 9.59 Å². The second-order valence-electron chi connectivity index (χ2n) is 3.50. The van der Waals surface area contributed by atoms with E-state index >= 15 is 0 Å². The van der Waals surface area contributed by atoms with Gasteiger partial charge < -0.3 is 20.2 Å². The van der Waals surface area contributed by atoms with Crippen molar-refractivity contribution in [3.05, 3.63) is 23.7 Å². The SMILES string of the molecule is CCN(CCC(=O)O)C(=O)c1ccc(CN)o1. The predicted molar refractivity (Wildman–Crippen MR) is 60.4 cm³/mol. The fourth-order valence-electron chi connectivity index (χ4n) is 1.39. The fraction of sp³-hybridized carbons (Fsp3) is 0.455. The number of carboxylic acid groups (broad SMARTS) is 1. The van der Waals surface area contributed by atoms with Crippen molar-refractivity contribution in [2.24, 2.45) is 5.73 Å². The zero-order valence-electron chi connectivity index (χ0n) is 9.68. The molecule has 94 valence electrons. The number of rotatable bonds is 6. The molecule has 0 aliphatic carbocycles. The lowest BCUT2D eigenvalue weighted by molar-refractivity contribution is -0.137. The van der Waals surface area contributed by atoms with E-state index in [1.54, 1.807) is 19.1 Å². The number of hydrogen-bond acceptors (Lipinski definition) is 4. The van der Waals surface area contributed by atoms with Gasteiger partial charge in [0, 0.05) is 13.1 Å². The topological polar surface area (TPSA) is 96.8 Å². The molecule has 0 bridgehead atoms. The minimum absolute atomic E-state index is 0.0793. The Labute approximate surface area is 99.0 Å². The monoisotopic (exact) mass is 240 g/mol. The number of nitrogens with two attached hydrogens (primary N) is 1. The summed E-state index contributed by atoms with van der Waals surface area (Å²) in [6.07, 6.45) is -0.0793. The predicted octanol–water partition coefficient (Wildman–Crippen LogP) is 0.675. The molecule has 1 amide bonds. The third-order valence-corrected chi connectivity index (χ3v) is 2.34. The molecule has 0 aromatic carbocycles. The summed E-state index contributed by atoms with van der Waals surface area (Å²) in [5.41, 5.74) is 5.37. The third kappa shape index (κ3) is 3.60. The molecule has 0 saturated carbocycles. The summed E-state index contributed by atoms with van der Waals surface area (Å²) in [4.78, 5) is 23.8. The minimum atomic E-state index is -0.932. The Morgan fingerprint density at radius 1 is 1.47 bits per heavy atom. The van der Waals surface area contributed by atoms with Gasteiger partial charge in [-0.15, -0.1) is 0 Å². The molecule has 1 rings (SSSR count). The van der Waals surface area contributed by atoms with E-state index in [1.807, 2.05) is 0 Å². The number of aliphatic carboxylic acids is 1. The second kappa shape index (κ2) is 6.05. The summed E-state index contributed by atoms with van der Waals surface area (Å²) in [6, 6.07) is 3.19. The Hall–Kier alpha value is -1.82. The Morgan fingerprint density at radius 3 is 2.65 bits per heavy atom. The lowest BCUT2D eigenvalue weighted by atomic mass is 10.3. The number of nitrogens with zero attached hydrogens (tertiary/aromatic N) is 1. The van der Waals surface area contributed by atoms with E-state index < -0.39 is 5.97 Å². The summed E-state index contributed by atoms with van der Waals surface area (Å²) < 4.78 is 5.22. The van der Waals surface area contributed by atoms with Crippen LogP contribution in [0.3, 0.4) is 0 Å². The van der Waals surface area contributed by atoms with E-state index in [9.17, 15) is 9.59 Å². The van der Waals surface area contributed by atoms with Crippen LogP contribution in [0.15, 0.2) is 16.5 Å². The zero-order chi connectivity index (χ0) is 12.8. The van der Waals surface area contributed by atoms with Gasteiger partial charge in [0.2, 0.25) is 0 Å². The van der Waals surface area contributed by atoms with Crippen molar-refractivity contribution in [1.29, 1.82) is 0 Å². The molecule has 0 aliphatic rings. The van der Waals surface area contributed by atoms with Gasteiger partial charge in [-0.2, -0.15) is 0 Å². The smallest absolute Gasteiger partial charge is 0.305 e. The van der Waals surface area contributed by atoms with Crippen LogP contribution in [0.2, 0.25) is 0 Å². The first-order chi connectivity index (χ1) is 8.08. The highest BCUT2D eigenvalue weighted by Gasteiger charge is 2.18. The summed E-state index contributed by atoms with van der Waals surface area (Å²) in [5.74, 6) is -0.521. The molecule has 1 aromatic rings. The molecular weight excluding hydrogens is 224 g/mol. The van der Waals surface area contributed by atoms with Crippen LogP contribution in [-0.4, -0.2) is 35.0 Å². The molecule has 17 heavy (non-hydrogen) atoms. The maximum atomic E-state index is 11.9. The van der Waals surface area contributed by atoms with Crippen LogP contribution >= 0.6 is 0 Å². The van der Waals surface area contributed by atoms with Gasteiger partial charge in [-0.1, -0.05) is 0 Å². The van der Waals surface area contributed by atoms with E-state index in [0.717, 1.165) is 0 Å². The normalized spacial score (nSPS) is 10.2. The summed E-state index contributed by atoms with van der Waals surface area (Å²) in [5, 5.41) is 8.57. The van der Waals surface area contributed by atoms with Gasteiger partial charge in [0.05, 0.1) is 13.0 Å². The van der Waals surface area contributed by atoms with Crippen LogP contribution in [0.5, 0.6) is 0 Å². The average molecular weight is 240 g/mol. The lowest BCUT2D eigenvalue weighted by Crippen LogP contribution is -2.32. The van der Waals surface area contributed by atoms with Gasteiger partial charge in [-0.05, 0) is 19.1 Å². The lowest BCUT2D eigenvalue weighted by Gasteiger charge is -2.18. The first kappa shape index (κ1) is 13.2. The number of amides is 1. The van der Waals surface area contributed by atoms with Crippen LogP contribution in [0.4, 0.5) is 0 Å². The maximum Gasteiger partial charge on any atom is 0.305 e. The van der Waals surface area contributed by atoms with Crippen molar-refractivity contribution in [3.8, 4) is 0 Å². The summed E-state index contributed by atoms with van der Waals surface area (Å²) in [7, 11) is 0. The van der Waals surface area contributed by atoms with Gasteiger partial charge >= 0.3 is 5.97 Å². The molecule has 3 N–H and O–H groups in total. The number of furan rings is 1. The van der Waals surface area contributed by atoms with Gasteiger partial charge in [0.25, 0.3) is 5.91 Å². The largest absolute Gasteiger partial charge is 0.481 e. The number of carbonyl (C=O) groups is 2. The average Bonchev–Trinajstić information content (AvgIpc) is 2.77. The van der Waals surface area contributed by atoms with E-state index in [2.05, 4.69) is 0 Å². The molecule has 0 saturated heterocycles. The van der Waals surface area contributed by atoms with Crippen LogP contribution in [0.1, 0.15) is 29.7 Å². The van der Waals surface area contributed by atoms with E-state index in [4.69, 9.17) is 15.3 Å². The quantitative estimate of drug-likeness (QED) is 0.762. The Balaban J connectivity index is 2.68. The van der Waals surface area contributed by atoms with E-state index in [1.165, 1.54) is 4.90 Å². The molecule has 0 radical (unpaired) electrons. The fourth-order valence-corrected chi connectivity index (χ4v) is 1.39. The van der Waals surface area contributed by atoms with Crippen LogP contribution < -0.4 is 5.73 Å². The zero-order valence-corrected chi connectivity index (χ0v) is 9.68. The van der Waals surface area contributed by atoms with Crippen molar-refractivity contribution >= 4 is 11.9 Å². The van der Waals surface area contributed by atoms with Crippen molar-refractivity contribution in [2.75, 3.05) is 13.1 Å². The molecule has 0 unspecified atom stereocenters. The second-order valence-corrected chi connectivity index (χ2v) is 3.50. The Bertz CT molecular complexity index is 400. The number of carboxylic acids is 1. The van der Waals surface area contributed by atoms with Crippen molar-refractivity contribution in [1.82, 2.24) is 4.90 Å². The van der Waals surface area contributed by atoms with E-state index in [0.29, 0.717) is 12.3 Å². The Kier molecular flexibility index (Phi) is 4.71. The summed E-state index contributed by atoms with van der Waals surface area (Å²) in [6.45, 7) is 2.62.